The van der Waals surface area contributed by atoms with Crippen molar-refractivity contribution in [2.45, 2.75) is 30.5 Å². The molecule has 1 aliphatic rings. The van der Waals surface area contributed by atoms with Crippen molar-refractivity contribution < 1.29 is 24.9 Å². The van der Waals surface area contributed by atoms with Gasteiger partial charge in [-0.2, -0.15) is 0 Å². The van der Waals surface area contributed by atoms with Crippen LogP contribution in [0.4, 0.5) is 0 Å². The Kier molecular flexibility index (Phi) is 2.87. The molecule has 1 fully saturated rings. The second kappa shape index (κ2) is 3.59. The van der Waals surface area contributed by atoms with Gasteiger partial charge in [0, 0.05) is 0 Å². The summed E-state index contributed by atoms with van der Waals surface area (Å²) in [6.07, 6.45) is -6.77. The van der Waals surface area contributed by atoms with Crippen LogP contribution in [0.3, 0.4) is 0 Å². The smallest absolute Gasteiger partial charge is 0.249 e. The maximum Gasteiger partial charge on any atom is 0.249 e. The quantitative estimate of drug-likeness (QED) is 0.370. The molecule has 1 amide bonds. The van der Waals surface area contributed by atoms with Crippen LogP contribution in [-0.4, -0.2) is 51.7 Å². The van der Waals surface area contributed by atoms with Gasteiger partial charge in [0.15, 0.2) is 6.10 Å². The molecule has 0 bridgehead atoms. The van der Waals surface area contributed by atoms with Crippen molar-refractivity contribution in [1.29, 1.82) is 0 Å². The number of ether oxygens (including phenoxy) is 1. The summed E-state index contributed by atoms with van der Waals surface area (Å²) in [4.78, 5) is 10.5. The highest BCUT2D eigenvalue weighted by molar-refractivity contribution is 5.79. The predicted octanol–water partition coefficient (Wildman–Crippen LogP) is -2.97. The van der Waals surface area contributed by atoms with E-state index in [4.69, 9.17) is 27.6 Å². The van der Waals surface area contributed by atoms with Crippen LogP contribution in [0.15, 0.2) is 0 Å². The van der Waals surface area contributed by atoms with Crippen molar-refractivity contribution in [3.8, 4) is 0 Å². The SMILES string of the molecule is [CH][C@@H]1O[C@@H]([C@H](O)C(N)=O)[C@H](O)C1O. The lowest BCUT2D eigenvalue weighted by atomic mass is 10.0. The van der Waals surface area contributed by atoms with Gasteiger partial charge in [0.25, 0.3) is 0 Å². The summed E-state index contributed by atoms with van der Waals surface area (Å²) in [5, 5.41) is 27.4. The summed E-state index contributed by atoms with van der Waals surface area (Å²) in [5.41, 5.74) is 4.77. The van der Waals surface area contributed by atoms with Crippen molar-refractivity contribution in [2.75, 3.05) is 0 Å². The number of aliphatic hydroxyl groups is 3. The molecule has 1 saturated heterocycles. The number of hydrogen-bond acceptors (Lipinski definition) is 5. The zero-order valence-corrected chi connectivity index (χ0v) is 6.70. The Morgan fingerprint density at radius 3 is 2.31 bits per heavy atom. The molecule has 0 spiro atoms. The number of carbonyl (C=O) groups is 1. The molecule has 1 unspecified atom stereocenters. The highest BCUT2D eigenvalue weighted by Crippen LogP contribution is 2.22. The minimum absolute atomic E-state index is 1.04. The molecule has 0 saturated carbocycles. The highest BCUT2D eigenvalue weighted by atomic mass is 16.6. The molecule has 0 aromatic rings. The van der Waals surface area contributed by atoms with Gasteiger partial charge in [0.05, 0.1) is 6.10 Å². The van der Waals surface area contributed by atoms with Crippen LogP contribution < -0.4 is 5.73 Å². The molecule has 1 aliphatic heterocycles. The van der Waals surface area contributed by atoms with E-state index in [2.05, 4.69) is 0 Å². The first kappa shape index (κ1) is 10.4. The number of rotatable bonds is 2. The van der Waals surface area contributed by atoms with Crippen molar-refractivity contribution in [3.63, 3.8) is 0 Å². The fraction of sp³-hybridized carbons (Fsp3) is 0.714. The van der Waals surface area contributed by atoms with E-state index in [0.717, 1.165) is 0 Å². The normalized spacial score (nSPS) is 41.8. The summed E-state index contributed by atoms with van der Waals surface area (Å²) >= 11 is 0. The molecule has 1 heterocycles. The number of hydrogen-bond donors (Lipinski definition) is 4. The maximum absolute atomic E-state index is 10.5. The second-order valence-corrected chi connectivity index (χ2v) is 2.89. The summed E-state index contributed by atoms with van der Waals surface area (Å²) < 4.78 is 4.74. The van der Waals surface area contributed by atoms with Crippen LogP contribution in [0.5, 0.6) is 0 Å². The van der Waals surface area contributed by atoms with E-state index in [-0.39, 0.29) is 0 Å². The van der Waals surface area contributed by atoms with E-state index in [9.17, 15) is 9.90 Å². The maximum atomic E-state index is 10.5. The largest absolute Gasteiger partial charge is 0.388 e. The van der Waals surface area contributed by atoms with Crippen LogP contribution in [0.1, 0.15) is 0 Å². The fourth-order valence-electron chi connectivity index (χ4n) is 1.15. The van der Waals surface area contributed by atoms with Gasteiger partial charge in [-0.3, -0.25) is 4.79 Å². The predicted molar refractivity (Wildman–Crippen MR) is 40.2 cm³/mol. The Labute approximate surface area is 74.9 Å². The Bertz CT molecular complexity index is 209. The third-order valence-electron chi connectivity index (χ3n) is 1.94. The summed E-state index contributed by atoms with van der Waals surface area (Å²) in [5.74, 6) is -1.04. The molecular weight excluding hydrogens is 178 g/mol. The van der Waals surface area contributed by atoms with Crippen molar-refractivity contribution in [3.05, 3.63) is 6.92 Å². The van der Waals surface area contributed by atoms with Gasteiger partial charge in [-0.15, -0.1) is 0 Å². The molecule has 6 nitrogen and oxygen atoms in total. The molecule has 0 aromatic carbocycles. The molecular formula is C7H11NO5. The van der Waals surface area contributed by atoms with E-state index >= 15 is 0 Å². The van der Waals surface area contributed by atoms with Gasteiger partial charge >= 0.3 is 0 Å². The van der Waals surface area contributed by atoms with Gasteiger partial charge in [0.2, 0.25) is 5.91 Å². The van der Waals surface area contributed by atoms with Crippen molar-refractivity contribution in [2.24, 2.45) is 5.73 Å². The number of aliphatic hydroxyl groups excluding tert-OH is 3. The van der Waals surface area contributed by atoms with Crippen LogP contribution in [0.2, 0.25) is 0 Å². The molecule has 5 N–H and O–H groups in total. The van der Waals surface area contributed by atoms with E-state index < -0.39 is 36.4 Å². The number of carbonyl (C=O) groups excluding carboxylic acids is 1. The average molecular weight is 189 g/mol. The fourth-order valence-corrected chi connectivity index (χ4v) is 1.15. The lowest BCUT2D eigenvalue weighted by Gasteiger charge is -2.17. The Morgan fingerprint density at radius 2 is 2.00 bits per heavy atom. The van der Waals surface area contributed by atoms with Crippen LogP contribution in [0.25, 0.3) is 0 Å². The van der Waals surface area contributed by atoms with Gasteiger partial charge in [-0.1, -0.05) is 0 Å². The monoisotopic (exact) mass is 189 g/mol. The summed E-state index contributed by atoms with van der Waals surface area (Å²) in [6, 6.07) is 0. The van der Waals surface area contributed by atoms with Crippen LogP contribution >= 0.6 is 0 Å². The van der Waals surface area contributed by atoms with Crippen LogP contribution in [-0.2, 0) is 9.53 Å². The molecule has 74 valence electrons. The van der Waals surface area contributed by atoms with E-state index in [1.54, 1.807) is 0 Å². The lowest BCUT2D eigenvalue weighted by Crippen LogP contribution is -2.45. The zero-order chi connectivity index (χ0) is 10.2. The third-order valence-corrected chi connectivity index (χ3v) is 1.94. The summed E-state index contributed by atoms with van der Waals surface area (Å²) in [7, 11) is 0. The first-order chi connectivity index (χ1) is 5.95. The van der Waals surface area contributed by atoms with E-state index in [1.807, 2.05) is 0 Å². The van der Waals surface area contributed by atoms with Gasteiger partial charge in [-0.25, -0.2) is 0 Å². The first-order valence-corrected chi connectivity index (χ1v) is 3.69. The average Bonchev–Trinajstić information content (AvgIpc) is 2.31. The molecule has 6 heteroatoms. The number of nitrogens with two attached hydrogens (primary N) is 1. The molecule has 13 heavy (non-hydrogen) atoms. The van der Waals surface area contributed by atoms with Crippen LogP contribution in [0, 0.1) is 6.92 Å². The Hall–Kier alpha value is -0.690. The molecule has 0 aliphatic carbocycles. The van der Waals surface area contributed by atoms with Gasteiger partial charge < -0.3 is 25.8 Å². The third kappa shape index (κ3) is 1.80. The highest BCUT2D eigenvalue weighted by Gasteiger charge is 2.45. The van der Waals surface area contributed by atoms with Gasteiger partial charge in [-0.05, 0) is 6.92 Å². The number of primary amides is 1. The first-order valence-electron chi connectivity index (χ1n) is 3.69. The zero-order valence-electron chi connectivity index (χ0n) is 6.70. The molecule has 2 radical (unpaired) electrons. The summed E-state index contributed by atoms with van der Waals surface area (Å²) in [6.45, 7) is 5.20. The Morgan fingerprint density at radius 1 is 1.46 bits per heavy atom. The van der Waals surface area contributed by atoms with E-state index in [0.29, 0.717) is 0 Å². The second-order valence-electron chi connectivity index (χ2n) is 2.89. The van der Waals surface area contributed by atoms with Crippen molar-refractivity contribution >= 4 is 5.91 Å². The molecule has 1 rings (SSSR count). The van der Waals surface area contributed by atoms with Gasteiger partial charge in [0.1, 0.15) is 18.3 Å². The van der Waals surface area contributed by atoms with Crippen molar-refractivity contribution in [1.82, 2.24) is 0 Å². The standard InChI is InChI=1S/C7H11NO5/c1-2-3(9)4(10)6(13-2)5(11)7(8)12/h1-6,9-11H,(H2,8,12)/t2-,3?,4+,5-,6+/m0/s1. The minimum Gasteiger partial charge on any atom is -0.388 e. The Balaban J connectivity index is 2.68. The minimum atomic E-state index is -1.67. The van der Waals surface area contributed by atoms with E-state index in [1.165, 1.54) is 0 Å². The lowest BCUT2D eigenvalue weighted by molar-refractivity contribution is -0.137. The molecule has 0 aromatic heterocycles. The number of amides is 1. The topological polar surface area (TPSA) is 113 Å². The molecule has 5 atom stereocenters.